The molecule has 0 aliphatic carbocycles. The van der Waals surface area contributed by atoms with E-state index in [1.807, 2.05) is 13.8 Å². The summed E-state index contributed by atoms with van der Waals surface area (Å²) >= 11 is 0. The predicted molar refractivity (Wildman–Crippen MR) is 54.5 cm³/mol. The van der Waals surface area contributed by atoms with Crippen LogP contribution >= 0.6 is 0 Å². The second kappa shape index (κ2) is 8.97. The van der Waals surface area contributed by atoms with Gasteiger partial charge in [-0.3, -0.25) is 9.59 Å². The Morgan fingerprint density at radius 2 is 1.69 bits per heavy atom. The van der Waals surface area contributed by atoms with Gasteiger partial charge in [0.2, 0.25) is 5.91 Å². The van der Waals surface area contributed by atoms with Crippen LogP contribution in [0.3, 0.4) is 0 Å². The van der Waals surface area contributed by atoms with Crippen molar-refractivity contribution in [2.24, 2.45) is 0 Å². The molecule has 13 heavy (non-hydrogen) atoms. The van der Waals surface area contributed by atoms with E-state index in [9.17, 15) is 9.59 Å². The van der Waals surface area contributed by atoms with Crippen LogP contribution in [0, 0.1) is 0 Å². The highest BCUT2D eigenvalue weighted by molar-refractivity contribution is 5.87. The minimum Gasteiger partial charge on any atom is -0.342 e. The van der Waals surface area contributed by atoms with Crippen molar-refractivity contribution >= 4 is 11.7 Å². The van der Waals surface area contributed by atoms with Crippen LogP contribution in [0.1, 0.15) is 27.7 Å². The molecule has 0 aliphatic heterocycles. The van der Waals surface area contributed by atoms with E-state index < -0.39 is 0 Å². The number of hydrogen-bond acceptors (Lipinski definition) is 2. The van der Waals surface area contributed by atoms with Gasteiger partial charge in [-0.2, -0.15) is 0 Å². The van der Waals surface area contributed by atoms with Crippen molar-refractivity contribution < 1.29 is 9.59 Å². The van der Waals surface area contributed by atoms with Gasteiger partial charge in [-0.1, -0.05) is 19.9 Å². The molecule has 0 saturated heterocycles. The molecule has 0 aromatic rings. The lowest BCUT2D eigenvalue weighted by atomic mass is 10.4. The molecule has 0 rings (SSSR count). The summed E-state index contributed by atoms with van der Waals surface area (Å²) in [6, 6.07) is 0. The molecular weight excluding hydrogens is 166 g/mol. The quantitative estimate of drug-likeness (QED) is 0.627. The van der Waals surface area contributed by atoms with Crippen molar-refractivity contribution in [3.8, 4) is 0 Å². The largest absolute Gasteiger partial charge is 0.342 e. The highest BCUT2D eigenvalue weighted by Gasteiger charge is 1.96. The summed E-state index contributed by atoms with van der Waals surface area (Å²) in [4.78, 5) is 22.6. The van der Waals surface area contributed by atoms with Crippen molar-refractivity contribution in [1.29, 1.82) is 0 Å². The second-order valence-corrected chi connectivity index (χ2v) is 2.41. The van der Waals surface area contributed by atoms with Crippen molar-refractivity contribution in [2.45, 2.75) is 27.7 Å². The van der Waals surface area contributed by atoms with Crippen molar-refractivity contribution in [3.63, 3.8) is 0 Å². The van der Waals surface area contributed by atoms with Gasteiger partial charge in [0.1, 0.15) is 0 Å². The van der Waals surface area contributed by atoms with Crippen LogP contribution in [-0.4, -0.2) is 30.2 Å². The van der Waals surface area contributed by atoms with Gasteiger partial charge >= 0.3 is 0 Å². The molecule has 0 aromatic heterocycles. The fourth-order valence-corrected chi connectivity index (χ4v) is 0.505. The SMILES string of the molecule is CC.CC(=O)/C=C/CN(C)C(C)=O. The van der Waals surface area contributed by atoms with Gasteiger partial charge in [0, 0.05) is 20.5 Å². The maximum absolute atomic E-state index is 10.6. The molecule has 0 N–H and O–H groups in total. The van der Waals surface area contributed by atoms with Crippen molar-refractivity contribution in [3.05, 3.63) is 12.2 Å². The van der Waals surface area contributed by atoms with Gasteiger partial charge < -0.3 is 4.90 Å². The summed E-state index contributed by atoms with van der Waals surface area (Å²) in [6.07, 6.45) is 3.13. The molecule has 0 aromatic carbocycles. The van der Waals surface area contributed by atoms with E-state index >= 15 is 0 Å². The van der Waals surface area contributed by atoms with E-state index in [1.165, 1.54) is 24.8 Å². The van der Waals surface area contributed by atoms with E-state index in [1.54, 1.807) is 13.1 Å². The van der Waals surface area contributed by atoms with Crippen LogP contribution in [0.15, 0.2) is 12.2 Å². The van der Waals surface area contributed by atoms with Crippen LogP contribution in [0.2, 0.25) is 0 Å². The summed E-state index contributed by atoms with van der Waals surface area (Å²) in [5, 5.41) is 0. The monoisotopic (exact) mass is 185 g/mol. The third-order valence-corrected chi connectivity index (χ3v) is 1.27. The first-order valence-corrected chi connectivity index (χ1v) is 4.43. The fraction of sp³-hybridized carbons (Fsp3) is 0.600. The van der Waals surface area contributed by atoms with E-state index in [2.05, 4.69) is 0 Å². The van der Waals surface area contributed by atoms with Gasteiger partial charge in [0.15, 0.2) is 5.78 Å². The Morgan fingerprint density at radius 3 is 2.00 bits per heavy atom. The molecule has 0 unspecified atom stereocenters. The number of amides is 1. The zero-order chi connectivity index (χ0) is 10.9. The molecule has 1 amide bonds. The number of likely N-dealkylation sites (N-methyl/N-ethyl adjacent to an activating group) is 1. The van der Waals surface area contributed by atoms with E-state index in [0.29, 0.717) is 6.54 Å². The Morgan fingerprint density at radius 1 is 1.23 bits per heavy atom. The highest BCUT2D eigenvalue weighted by Crippen LogP contribution is 1.84. The molecule has 0 radical (unpaired) electrons. The predicted octanol–water partition coefficient (Wildman–Crippen LogP) is 1.64. The van der Waals surface area contributed by atoms with Gasteiger partial charge in [0.05, 0.1) is 0 Å². The molecule has 0 heterocycles. The summed E-state index contributed by atoms with van der Waals surface area (Å²) < 4.78 is 0. The lowest BCUT2D eigenvalue weighted by molar-refractivity contribution is -0.127. The molecule has 76 valence electrons. The van der Waals surface area contributed by atoms with Crippen LogP contribution in [0.4, 0.5) is 0 Å². The molecular formula is C10H19NO2. The topological polar surface area (TPSA) is 37.4 Å². The number of allylic oxidation sites excluding steroid dienone is 1. The number of ketones is 1. The summed E-state index contributed by atoms with van der Waals surface area (Å²) in [5.41, 5.74) is 0. The Bertz CT molecular complexity index is 185. The number of carbonyl (C=O) groups excluding carboxylic acids is 2. The van der Waals surface area contributed by atoms with Gasteiger partial charge in [0.25, 0.3) is 0 Å². The molecule has 0 aliphatic rings. The summed E-state index contributed by atoms with van der Waals surface area (Å²) in [5.74, 6) is 0.000143. The number of hydrogen-bond donors (Lipinski definition) is 0. The maximum atomic E-state index is 10.6. The molecule has 0 saturated carbocycles. The first-order valence-electron chi connectivity index (χ1n) is 4.43. The van der Waals surface area contributed by atoms with Crippen LogP contribution < -0.4 is 0 Å². The fourth-order valence-electron chi connectivity index (χ4n) is 0.505. The third kappa shape index (κ3) is 10.9. The Labute approximate surface area is 80.4 Å². The van der Waals surface area contributed by atoms with E-state index in [-0.39, 0.29) is 11.7 Å². The number of nitrogens with zero attached hydrogens (tertiary/aromatic N) is 1. The molecule has 0 fully saturated rings. The summed E-state index contributed by atoms with van der Waals surface area (Å²) in [6.45, 7) is 7.46. The average Bonchev–Trinajstić information content (AvgIpc) is 2.07. The Balaban J connectivity index is 0. The zero-order valence-electron chi connectivity index (χ0n) is 9.13. The molecule has 3 heteroatoms. The zero-order valence-corrected chi connectivity index (χ0v) is 9.13. The lowest BCUT2D eigenvalue weighted by Crippen LogP contribution is -2.23. The van der Waals surface area contributed by atoms with Crippen molar-refractivity contribution in [1.82, 2.24) is 4.90 Å². The van der Waals surface area contributed by atoms with Crippen LogP contribution in [0.25, 0.3) is 0 Å². The van der Waals surface area contributed by atoms with Gasteiger partial charge in [-0.05, 0) is 13.0 Å². The van der Waals surface area contributed by atoms with Crippen molar-refractivity contribution in [2.75, 3.05) is 13.6 Å². The minimum atomic E-state index is -0.00166. The first-order chi connectivity index (χ1) is 6.04. The molecule has 0 atom stereocenters. The number of rotatable bonds is 3. The van der Waals surface area contributed by atoms with E-state index in [4.69, 9.17) is 0 Å². The normalized spacial score (nSPS) is 9.00. The summed E-state index contributed by atoms with van der Waals surface area (Å²) in [7, 11) is 1.69. The maximum Gasteiger partial charge on any atom is 0.219 e. The molecule has 3 nitrogen and oxygen atoms in total. The smallest absolute Gasteiger partial charge is 0.219 e. The number of carbonyl (C=O) groups is 2. The highest BCUT2D eigenvalue weighted by atomic mass is 16.2. The van der Waals surface area contributed by atoms with E-state index in [0.717, 1.165) is 0 Å². The van der Waals surface area contributed by atoms with Gasteiger partial charge in [-0.25, -0.2) is 0 Å². The van der Waals surface area contributed by atoms with Gasteiger partial charge in [-0.15, -0.1) is 0 Å². The van der Waals surface area contributed by atoms with Crippen LogP contribution in [0.5, 0.6) is 0 Å². The molecule has 0 spiro atoms. The first kappa shape index (κ1) is 14.4. The Kier molecular flexibility index (Phi) is 9.94. The standard InChI is InChI=1S/C8H13NO2.C2H6/c1-7(10)5-4-6-9(3)8(2)11;1-2/h4-5H,6H2,1-3H3;1-2H3/b5-4+;. The average molecular weight is 185 g/mol. The van der Waals surface area contributed by atoms with Crippen LogP contribution in [-0.2, 0) is 9.59 Å². The minimum absolute atomic E-state index is 0.00166. The second-order valence-electron chi connectivity index (χ2n) is 2.41. The molecule has 0 bridgehead atoms. The lowest BCUT2D eigenvalue weighted by Gasteiger charge is -2.10. The Hall–Kier alpha value is -1.12. The third-order valence-electron chi connectivity index (χ3n) is 1.27.